The van der Waals surface area contributed by atoms with Crippen molar-refractivity contribution in [2.45, 2.75) is 0 Å². The number of rotatable bonds is 5. The Labute approximate surface area is 161 Å². The van der Waals surface area contributed by atoms with Crippen LogP contribution in [-0.2, 0) is 0 Å². The first kappa shape index (κ1) is 17.9. The monoisotopic (exact) mass is 378 g/mol. The van der Waals surface area contributed by atoms with Crippen LogP contribution in [0.5, 0.6) is 17.2 Å². The van der Waals surface area contributed by atoms with Gasteiger partial charge in [-0.2, -0.15) is 0 Å². The molecule has 0 saturated heterocycles. The Hall–Kier alpha value is -3.54. The molecule has 6 heteroatoms. The van der Waals surface area contributed by atoms with E-state index in [1.54, 1.807) is 39.8 Å². The summed E-state index contributed by atoms with van der Waals surface area (Å²) < 4.78 is 31.5. The molecule has 4 rings (SSSR count). The summed E-state index contributed by atoms with van der Waals surface area (Å²) in [5.41, 5.74) is 4.49. The van der Waals surface area contributed by atoms with Crippen LogP contribution in [-0.4, -0.2) is 30.9 Å². The molecule has 0 aliphatic heterocycles. The molecule has 28 heavy (non-hydrogen) atoms. The number of benzene rings is 3. The molecule has 1 heterocycles. The normalized spacial score (nSPS) is 10.9. The SMILES string of the molecule is COc1cc(-n2cnc3ccc(-c4ccc(F)cc4)cc32)cc(OC)c1OC. The fraction of sp³-hybridized carbons (Fsp3) is 0.136. The van der Waals surface area contributed by atoms with E-state index in [2.05, 4.69) is 4.98 Å². The van der Waals surface area contributed by atoms with Crippen LogP contribution in [0.1, 0.15) is 0 Å². The van der Waals surface area contributed by atoms with Crippen molar-refractivity contribution in [2.24, 2.45) is 0 Å². The van der Waals surface area contributed by atoms with Crippen molar-refractivity contribution in [2.75, 3.05) is 21.3 Å². The average molecular weight is 378 g/mol. The van der Waals surface area contributed by atoms with Crippen molar-refractivity contribution in [3.63, 3.8) is 0 Å². The van der Waals surface area contributed by atoms with Crippen molar-refractivity contribution in [3.8, 4) is 34.1 Å². The molecule has 0 aliphatic carbocycles. The summed E-state index contributed by atoms with van der Waals surface area (Å²) >= 11 is 0. The van der Waals surface area contributed by atoms with Gasteiger partial charge in [-0.25, -0.2) is 9.37 Å². The zero-order valence-corrected chi connectivity index (χ0v) is 15.8. The van der Waals surface area contributed by atoms with Crippen LogP contribution in [0, 0.1) is 5.82 Å². The van der Waals surface area contributed by atoms with Gasteiger partial charge in [-0.1, -0.05) is 18.2 Å². The first-order valence-electron chi connectivity index (χ1n) is 8.68. The van der Waals surface area contributed by atoms with Gasteiger partial charge in [-0.05, 0) is 35.4 Å². The van der Waals surface area contributed by atoms with Gasteiger partial charge < -0.3 is 14.2 Å². The maximum Gasteiger partial charge on any atom is 0.203 e. The summed E-state index contributed by atoms with van der Waals surface area (Å²) in [5.74, 6) is 1.40. The largest absolute Gasteiger partial charge is 0.493 e. The lowest BCUT2D eigenvalue weighted by Gasteiger charge is -2.15. The Morgan fingerprint density at radius 1 is 0.786 bits per heavy atom. The lowest BCUT2D eigenvalue weighted by Crippen LogP contribution is -1.99. The standard InChI is InChI=1S/C22H19FN2O3/c1-26-20-11-17(12-21(27-2)22(20)28-3)25-13-24-18-9-6-15(10-19(18)25)14-4-7-16(23)8-5-14/h4-13H,1-3H3. The molecule has 0 radical (unpaired) electrons. The highest BCUT2D eigenvalue weighted by molar-refractivity contribution is 5.84. The average Bonchev–Trinajstić information content (AvgIpc) is 3.16. The quantitative estimate of drug-likeness (QED) is 0.498. The molecule has 0 spiro atoms. The summed E-state index contributed by atoms with van der Waals surface area (Å²) in [5, 5.41) is 0. The molecule has 0 fully saturated rings. The van der Waals surface area contributed by atoms with Crippen LogP contribution in [0.3, 0.4) is 0 Å². The minimum Gasteiger partial charge on any atom is -0.493 e. The number of ether oxygens (including phenoxy) is 3. The highest BCUT2D eigenvalue weighted by atomic mass is 19.1. The third-order valence-corrected chi connectivity index (χ3v) is 4.65. The number of nitrogens with zero attached hydrogens (tertiary/aromatic N) is 2. The fourth-order valence-electron chi connectivity index (χ4n) is 3.24. The number of hydrogen-bond donors (Lipinski definition) is 0. The molecule has 0 bridgehead atoms. The summed E-state index contributed by atoms with van der Waals surface area (Å²) in [7, 11) is 4.74. The van der Waals surface area contributed by atoms with Gasteiger partial charge in [0.2, 0.25) is 5.75 Å². The van der Waals surface area contributed by atoms with Crippen molar-refractivity contribution in [1.29, 1.82) is 0 Å². The Kier molecular flexibility index (Phi) is 4.61. The molecular formula is C22H19FN2O3. The van der Waals surface area contributed by atoms with E-state index in [1.165, 1.54) is 12.1 Å². The van der Waals surface area contributed by atoms with Gasteiger partial charge >= 0.3 is 0 Å². The van der Waals surface area contributed by atoms with Gasteiger partial charge in [0.25, 0.3) is 0 Å². The first-order chi connectivity index (χ1) is 13.6. The molecule has 0 saturated carbocycles. The summed E-state index contributed by atoms with van der Waals surface area (Å²) in [4.78, 5) is 4.49. The van der Waals surface area contributed by atoms with Crippen LogP contribution in [0.2, 0.25) is 0 Å². The van der Waals surface area contributed by atoms with E-state index in [0.717, 1.165) is 27.8 Å². The van der Waals surface area contributed by atoms with E-state index in [0.29, 0.717) is 17.2 Å². The Morgan fingerprint density at radius 2 is 1.43 bits per heavy atom. The zero-order chi connectivity index (χ0) is 19.7. The van der Waals surface area contributed by atoms with Gasteiger partial charge in [0.1, 0.15) is 12.1 Å². The number of halogens is 1. The van der Waals surface area contributed by atoms with E-state index in [9.17, 15) is 4.39 Å². The molecule has 3 aromatic carbocycles. The lowest BCUT2D eigenvalue weighted by molar-refractivity contribution is 0.324. The molecule has 5 nitrogen and oxygen atoms in total. The molecule has 0 unspecified atom stereocenters. The third kappa shape index (κ3) is 3.03. The van der Waals surface area contributed by atoms with E-state index < -0.39 is 0 Å². The Balaban J connectivity index is 1.87. The van der Waals surface area contributed by atoms with Crippen molar-refractivity contribution >= 4 is 11.0 Å². The van der Waals surface area contributed by atoms with Crippen molar-refractivity contribution in [3.05, 3.63) is 66.7 Å². The minimum absolute atomic E-state index is 0.257. The number of aromatic nitrogens is 2. The number of imidazole rings is 1. The van der Waals surface area contributed by atoms with Crippen LogP contribution in [0.15, 0.2) is 60.9 Å². The Morgan fingerprint density at radius 3 is 2.04 bits per heavy atom. The summed E-state index contributed by atoms with van der Waals surface area (Å²) in [6.07, 6.45) is 1.75. The predicted molar refractivity (Wildman–Crippen MR) is 106 cm³/mol. The van der Waals surface area contributed by atoms with Gasteiger partial charge in [-0.15, -0.1) is 0 Å². The number of hydrogen-bond acceptors (Lipinski definition) is 4. The zero-order valence-electron chi connectivity index (χ0n) is 15.8. The van der Waals surface area contributed by atoms with Crippen molar-refractivity contribution in [1.82, 2.24) is 9.55 Å². The maximum atomic E-state index is 13.2. The highest BCUT2D eigenvalue weighted by Gasteiger charge is 2.15. The molecule has 1 aromatic heterocycles. The van der Waals surface area contributed by atoms with Crippen molar-refractivity contribution < 1.29 is 18.6 Å². The van der Waals surface area contributed by atoms with E-state index in [4.69, 9.17) is 14.2 Å². The maximum absolute atomic E-state index is 13.2. The molecule has 0 aliphatic rings. The highest BCUT2D eigenvalue weighted by Crippen LogP contribution is 2.40. The second-order valence-electron chi connectivity index (χ2n) is 6.21. The van der Waals surface area contributed by atoms with Gasteiger partial charge in [-0.3, -0.25) is 4.57 Å². The molecular weight excluding hydrogens is 359 g/mol. The molecule has 4 aromatic rings. The van der Waals surface area contributed by atoms with Gasteiger partial charge in [0.15, 0.2) is 11.5 Å². The first-order valence-corrected chi connectivity index (χ1v) is 8.68. The summed E-state index contributed by atoms with van der Waals surface area (Å²) in [6.45, 7) is 0. The fourth-order valence-corrected chi connectivity index (χ4v) is 3.24. The molecule has 0 N–H and O–H groups in total. The predicted octanol–water partition coefficient (Wildman–Crippen LogP) is 4.86. The topological polar surface area (TPSA) is 45.5 Å². The second kappa shape index (κ2) is 7.23. The lowest BCUT2D eigenvalue weighted by atomic mass is 10.1. The molecule has 0 atom stereocenters. The van der Waals surface area contributed by atoms with E-state index >= 15 is 0 Å². The molecule has 0 amide bonds. The number of methoxy groups -OCH3 is 3. The van der Waals surface area contributed by atoms with Crippen LogP contribution in [0.4, 0.5) is 4.39 Å². The number of fused-ring (bicyclic) bond motifs is 1. The van der Waals surface area contributed by atoms with E-state index in [-0.39, 0.29) is 5.82 Å². The minimum atomic E-state index is -0.257. The van der Waals surface area contributed by atoms with Crippen LogP contribution in [0.25, 0.3) is 27.8 Å². The third-order valence-electron chi connectivity index (χ3n) is 4.65. The Bertz CT molecular complexity index is 1110. The second-order valence-corrected chi connectivity index (χ2v) is 6.21. The van der Waals surface area contributed by atoms with E-state index in [1.807, 2.05) is 34.9 Å². The van der Waals surface area contributed by atoms with Crippen LogP contribution >= 0.6 is 0 Å². The summed E-state index contributed by atoms with van der Waals surface area (Å²) in [6, 6.07) is 16.1. The van der Waals surface area contributed by atoms with Gasteiger partial charge in [0, 0.05) is 12.1 Å². The van der Waals surface area contributed by atoms with Crippen LogP contribution < -0.4 is 14.2 Å². The molecule has 142 valence electrons. The smallest absolute Gasteiger partial charge is 0.203 e. The van der Waals surface area contributed by atoms with Gasteiger partial charge in [0.05, 0.1) is 38.1 Å².